The lowest BCUT2D eigenvalue weighted by atomic mass is 9.68. The topological polar surface area (TPSA) is 77.1 Å². The zero-order chi connectivity index (χ0) is 20.6. The van der Waals surface area contributed by atoms with E-state index in [2.05, 4.69) is 12.1 Å². The van der Waals surface area contributed by atoms with Crippen LogP contribution in [0.4, 0.5) is 0 Å². The second-order valence-electron chi connectivity index (χ2n) is 7.42. The van der Waals surface area contributed by atoms with Crippen LogP contribution < -0.4 is 4.74 Å². The van der Waals surface area contributed by atoms with Crippen molar-refractivity contribution in [2.24, 2.45) is 5.41 Å². The van der Waals surface area contributed by atoms with E-state index in [1.165, 1.54) is 6.92 Å². The molecule has 3 atom stereocenters. The van der Waals surface area contributed by atoms with Crippen molar-refractivity contribution in [3.63, 3.8) is 0 Å². The van der Waals surface area contributed by atoms with Crippen LogP contribution in [0.25, 0.3) is 6.08 Å². The van der Waals surface area contributed by atoms with Gasteiger partial charge in [-0.05, 0) is 48.7 Å². The molecule has 2 aromatic rings. The Bertz CT molecular complexity index is 1040. The summed E-state index contributed by atoms with van der Waals surface area (Å²) in [6.45, 7) is 3.99. The van der Waals surface area contributed by atoms with Gasteiger partial charge in [0.2, 0.25) is 0 Å². The summed E-state index contributed by atoms with van der Waals surface area (Å²) in [6.07, 6.45) is 3.80. The summed E-state index contributed by atoms with van der Waals surface area (Å²) < 4.78 is 5.52. The molecule has 0 radical (unpaired) electrons. The summed E-state index contributed by atoms with van der Waals surface area (Å²) in [6, 6.07) is 18.7. The molecule has 0 N–H and O–H groups in total. The monoisotopic (exact) mass is 383 g/mol. The lowest BCUT2D eigenvalue weighted by molar-refractivity contribution is -0.121. The van der Waals surface area contributed by atoms with Crippen molar-refractivity contribution in [2.45, 2.75) is 31.8 Å². The van der Waals surface area contributed by atoms with Crippen LogP contribution in [-0.2, 0) is 4.79 Å². The largest absolute Gasteiger partial charge is 0.494 e. The molecule has 2 aromatic carbocycles. The summed E-state index contributed by atoms with van der Waals surface area (Å²) in [5.41, 5.74) is 1.26. The Kier molecular flexibility index (Phi) is 4.60. The van der Waals surface area contributed by atoms with E-state index in [1.807, 2.05) is 72.6 Å². The number of ketones is 1. The third kappa shape index (κ3) is 2.70. The maximum absolute atomic E-state index is 12.8. The molecule has 0 bridgehead atoms. The Morgan fingerprint density at radius 3 is 2.45 bits per heavy atom. The zero-order valence-corrected chi connectivity index (χ0v) is 16.4. The van der Waals surface area contributed by atoms with Gasteiger partial charge in [-0.2, -0.15) is 10.5 Å². The number of nitriles is 2. The fourth-order valence-electron chi connectivity index (χ4n) is 4.76. The van der Waals surface area contributed by atoms with Gasteiger partial charge in [-0.25, -0.2) is 0 Å². The summed E-state index contributed by atoms with van der Waals surface area (Å²) in [4.78, 5) is 14.7. The molecule has 2 aliphatic rings. The van der Waals surface area contributed by atoms with E-state index >= 15 is 0 Å². The Morgan fingerprint density at radius 1 is 1.14 bits per heavy atom. The molecule has 0 aliphatic carbocycles. The minimum atomic E-state index is -1.40. The molecular weight excluding hydrogens is 362 g/mol. The first-order chi connectivity index (χ1) is 14.1. The van der Waals surface area contributed by atoms with Gasteiger partial charge in [0.15, 0.2) is 11.2 Å². The maximum atomic E-state index is 12.8. The van der Waals surface area contributed by atoms with E-state index in [1.54, 1.807) is 0 Å². The molecule has 0 spiro atoms. The first-order valence-corrected chi connectivity index (χ1v) is 9.67. The van der Waals surface area contributed by atoms with Gasteiger partial charge in [-0.15, -0.1) is 0 Å². The van der Waals surface area contributed by atoms with E-state index in [4.69, 9.17) is 4.74 Å². The molecule has 5 nitrogen and oxygen atoms in total. The third-order valence-corrected chi connectivity index (χ3v) is 5.91. The normalized spacial score (nSPS) is 23.4. The standard InChI is InChI=1S/C24H21N3O2/c1-3-29-19-10-8-18(9-11-19)21-22(16(2)28)27-13-12-17-6-4-5-7-20(17)23(27)24(21,14-25)15-26/h4-13,21-23H,3H2,1-2H3/t21-,22+,23+/m0/s1. The fraction of sp³-hybridized carbons (Fsp3) is 0.292. The molecule has 2 heterocycles. The Labute approximate surface area is 170 Å². The highest BCUT2D eigenvalue weighted by Crippen LogP contribution is 2.59. The minimum Gasteiger partial charge on any atom is -0.494 e. The van der Waals surface area contributed by atoms with E-state index in [9.17, 15) is 15.3 Å². The molecular formula is C24H21N3O2. The Morgan fingerprint density at radius 2 is 1.83 bits per heavy atom. The summed E-state index contributed by atoms with van der Waals surface area (Å²) >= 11 is 0. The highest BCUT2D eigenvalue weighted by Gasteiger charge is 2.63. The van der Waals surface area contributed by atoms with Crippen molar-refractivity contribution in [2.75, 3.05) is 6.61 Å². The van der Waals surface area contributed by atoms with E-state index in [0.29, 0.717) is 6.61 Å². The van der Waals surface area contributed by atoms with E-state index < -0.39 is 23.4 Å². The van der Waals surface area contributed by atoms with Gasteiger partial charge < -0.3 is 9.64 Å². The summed E-state index contributed by atoms with van der Waals surface area (Å²) in [5.74, 6) is 0.0767. The predicted molar refractivity (Wildman–Crippen MR) is 109 cm³/mol. The average Bonchev–Trinajstić information content (AvgIpc) is 3.06. The number of ether oxygens (including phenoxy) is 1. The van der Waals surface area contributed by atoms with Gasteiger partial charge in [0, 0.05) is 12.1 Å². The van der Waals surface area contributed by atoms with Crippen molar-refractivity contribution >= 4 is 11.9 Å². The SMILES string of the molecule is CCOc1ccc([C@H]2[C@@H](C(C)=O)N3C=Cc4ccccc4[C@@H]3C2(C#N)C#N)cc1. The van der Waals surface area contributed by atoms with Crippen LogP contribution in [0.15, 0.2) is 54.7 Å². The van der Waals surface area contributed by atoms with Gasteiger partial charge in [0.05, 0.1) is 30.8 Å². The van der Waals surface area contributed by atoms with Crippen molar-refractivity contribution in [3.05, 3.63) is 71.4 Å². The molecule has 0 amide bonds. The molecule has 4 rings (SSSR count). The minimum absolute atomic E-state index is 0.0645. The van der Waals surface area contributed by atoms with Crippen LogP contribution in [0, 0.1) is 28.1 Å². The molecule has 0 aromatic heterocycles. The molecule has 1 saturated heterocycles. The lowest BCUT2D eigenvalue weighted by Gasteiger charge is -2.34. The van der Waals surface area contributed by atoms with Crippen LogP contribution in [0.1, 0.15) is 42.5 Å². The van der Waals surface area contributed by atoms with Crippen LogP contribution in [-0.4, -0.2) is 23.3 Å². The molecule has 144 valence electrons. The molecule has 0 saturated carbocycles. The first kappa shape index (κ1) is 18.8. The lowest BCUT2D eigenvalue weighted by Crippen LogP contribution is -2.36. The van der Waals surface area contributed by atoms with Crippen LogP contribution in [0.2, 0.25) is 0 Å². The second-order valence-corrected chi connectivity index (χ2v) is 7.42. The van der Waals surface area contributed by atoms with Crippen LogP contribution in [0.3, 0.4) is 0 Å². The number of carbonyl (C=O) groups is 1. The van der Waals surface area contributed by atoms with E-state index in [0.717, 1.165) is 22.4 Å². The number of fused-ring (bicyclic) bond motifs is 3. The number of hydrogen-bond acceptors (Lipinski definition) is 5. The van der Waals surface area contributed by atoms with Gasteiger partial charge in [-0.1, -0.05) is 36.4 Å². The molecule has 5 heteroatoms. The number of rotatable bonds is 4. The number of carbonyl (C=O) groups excluding carboxylic acids is 1. The maximum Gasteiger partial charge on any atom is 0.177 e. The summed E-state index contributed by atoms with van der Waals surface area (Å²) in [5, 5.41) is 20.6. The Balaban J connectivity index is 1.92. The second kappa shape index (κ2) is 7.11. The van der Waals surface area contributed by atoms with E-state index in [-0.39, 0.29) is 5.78 Å². The van der Waals surface area contributed by atoms with Crippen molar-refractivity contribution < 1.29 is 9.53 Å². The van der Waals surface area contributed by atoms with Gasteiger partial charge in [-0.3, -0.25) is 4.79 Å². The number of Topliss-reactive ketones (excluding diaryl/α,β-unsaturated/α-hetero) is 1. The zero-order valence-electron chi connectivity index (χ0n) is 16.4. The average molecular weight is 383 g/mol. The van der Waals surface area contributed by atoms with Gasteiger partial charge in [0.25, 0.3) is 0 Å². The first-order valence-electron chi connectivity index (χ1n) is 9.67. The molecule has 1 fully saturated rings. The smallest absolute Gasteiger partial charge is 0.177 e. The molecule has 2 aliphatic heterocycles. The number of hydrogen-bond donors (Lipinski definition) is 0. The van der Waals surface area contributed by atoms with Crippen molar-refractivity contribution in [1.29, 1.82) is 10.5 Å². The van der Waals surface area contributed by atoms with Crippen molar-refractivity contribution in [1.82, 2.24) is 4.90 Å². The highest BCUT2D eigenvalue weighted by molar-refractivity contribution is 5.85. The summed E-state index contributed by atoms with van der Waals surface area (Å²) in [7, 11) is 0. The van der Waals surface area contributed by atoms with Crippen molar-refractivity contribution in [3.8, 4) is 17.9 Å². The predicted octanol–water partition coefficient (Wildman–Crippen LogP) is 4.20. The number of benzene rings is 2. The number of nitrogens with zero attached hydrogens (tertiary/aromatic N) is 3. The van der Waals surface area contributed by atoms with Gasteiger partial charge >= 0.3 is 0 Å². The van der Waals surface area contributed by atoms with Crippen LogP contribution in [0.5, 0.6) is 5.75 Å². The Hall–Kier alpha value is -3.57. The van der Waals surface area contributed by atoms with Gasteiger partial charge in [0.1, 0.15) is 5.75 Å². The quantitative estimate of drug-likeness (QED) is 0.791. The fourth-order valence-corrected chi connectivity index (χ4v) is 4.76. The third-order valence-electron chi connectivity index (χ3n) is 5.91. The molecule has 0 unspecified atom stereocenters. The highest BCUT2D eigenvalue weighted by atomic mass is 16.5. The van der Waals surface area contributed by atoms with Crippen LogP contribution >= 0.6 is 0 Å². The molecule has 29 heavy (non-hydrogen) atoms.